The molecule has 0 saturated carbocycles. The summed E-state index contributed by atoms with van der Waals surface area (Å²) in [5, 5.41) is 13.7. The summed E-state index contributed by atoms with van der Waals surface area (Å²) in [6.07, 6.45) is 0.182. The van der Waals surface area contributed by atoms with E-state index < -0.39 is 5.60 Å². The number of carbonyl (C=O) groups is 1. The average Bonchev–Trinajstić information content (AvgIpc) is 2.64. The third-order valence-corrected chi connectivity index (χ3v) is 4.36. The number of nitrogens with two attached hydrogens (primary N) is 2. The van der Waals surface area contributed by atoms with Crippen molar-refractivity contribution in [2.45, 2.75) is 65.4 Å². The van der Waals surface area contributed by atoms with E-state index in [-0.39, 0.29) is 30.0 Å². The Labute approximate surface area is 180 Å². The molecule has 2 rings (SSSR count). The van der Waals surface area contributed by atoms with Gasteiger partial charge in [0.1, 0.15) is 5.82 Å². The molecule has 0 unspecified atom stereocenters. The first-order chi connectivity index (χ1) is 13.4. The summed E-state index contributed by atoms with van der Waals surface area (Å²) >= 11 is 3.03. The summed E-state index contributed by atoms with van der Waals surface area (Å²) in [5.41, 5.74) is 8.17. The van der Waals surface area contributed by atoms with Gasteiger partial charge in [0.05, 0.1) is 12.0 Å². The Balaban J connectivity index is 0.000000554. The quantitative estimate of drug-likeness (QED) is 0.522. The molecule has 5 N–H and O–H groups in total. The van der Waals surface area contributed by atoms with Crippen LogP contribution in [0, 0.1) is 5.82 Å². The van der Waals surface area contributed by atoms with Gasteiger partial charge >= 0.3 is 0 Å². The molecule has 0 atom stereocenters. The SMILES string of the molecule is CC(C)(O)c1ccccc1.CC(C)c1cc(F)cc(C(C)C)c1CC(N)=O.NS. The van der Waals surface area contributed by atoms with E-state index in [4.69, 9.17) is 5.73 Å². The van der Waals surface area contributed by atoms with E-state index in [1.807, 2.05) is 58.0 Å². The molecule has 0 radical (unpaired) electrons. The normalized spacial score (nSPS) is 10.8. The number of thiol groups is 1. The molecule has 0 fully saturated rings. The first kappa shape index (κ1) is 27.1. The van der Waals surface area contributed by atoms with E-state index in [2.05, 4.69) is 18.0 Å². The minimum absolute atomic E-state index is 0.178. The van der Waals surface area contributed by atoms with Crippen molar-refractivity contribution in [2.24, 2.45) is 10.9 Å². The topological polar surface area (TPSA) is 89.3 Å². The Morgan fingerprint density at radius 1 is 1.03 bits per heavy atom. The van der Waals surface area contributed by atoms with E-state index in [1.54, 1.807) is 13.8 Å². The predicted octanol–water partition coefficient (Wildman–Crippen LogP) is 4.80. The fraction of sp³-hybridized carbons (Fsp3) is 0.435. The summed E-state index contributed by atoms with van der Waals surface area (Å²) in [6, 6.07) is 12.6. The minimum atomic E-state index is -0.707. The number of rotatable bonds is 5. The highest BCUT2D eigenvalue weighted by Gasteiger charge is 2.17. The summed E-state index contributed by atoms with van der Waals surface area (Å²) in [6.45, 7) is 11.5. The second-order valence-corrected chi connectivity index (χ2v) is 7.94. The second kappa shape index (κ2) is 12.6. The largest absolute Gasteiger partial charge is 0.386 e. The van der Waals surface area contributed by atoms with Gasteiger partial charge in [0.2, 0.25) is 5.91 Å². The van der Waals surface area contributed by atoms with Crippen LogP contribution in [0.5, 0.6) is 0 Å². The maximum Gasteiger partial charge on any atom is 0.221 e. The van der Waals surface area contributed by atoms with Crippen LogP contribution in [0.3, 0.4) is 0 Å². The second-order valence-electron chi connectivity index (χ2n) is 7.94. The van der Waals surface area contributed by atoms with Crippen LogP contribution < -0.4 is 10.9 Å². The maximum atomic E-state index is 13.5. The van der Waals surface area contributed by atoms with Crippen molar-refractivity contribution in [1.29, 1.82) is 0 Å². The van der Waals surface area contributed by atoms with Crippen molar-refractivity contribution in [2.75, 3.05) is 0 Å². The van der Waals surface area contributed by atoms with E-state index in [0.717, 1.165) is 22.3 Å². The zero-order chi connectivity index (χ0) is 22.8. The number of halogens is 1. The first-order valence-electron chi connectivity index (χ1n) is 9.57. The first-order valence-corrected chi connectivity index (χ1v) is 10.1. The third-order valence-electron chi connectivity index (χ3n) is 4.36. The molecular weight excluding hydrogens is 387 g/mol. The van der Waals surface area contributed by atoms with E-state index in [0.29, 0.717) is 0 Å². The number of aliphatic hydroxyl groups is 1. The monoisotopic (exact) mass is 422 g/mol. The van der Waals surface area contributed by atoms with Crippen LogP contribution in [0.1, 0.15) is 75.6 Å². The van der Waals surface area contributed by atoms with Crippen LogP contribution in [-0.2, 0) is 16.8 Å². The van der Waals surface area contributed by atoms with Gasteiger partial charge in [0, 0.05) is 0 Å². The number of hydrogen-bond acceptors (Lipinski definition) is 4. The summed E-state index contributed by atoms with van der Waals surface area (Å²) < 4.78 is 13.5. The van der Waals surface area contributed by atoms with Gasteiger partial charge in [-0.25, -0.2) is 4.39 Å². The number of benzene rings is 2. The molecule has 0 aromatic heterocycles. The summed E-state index contributed by atoms with van der Waals surface area (Å²) in [5.74, 6) is -0.263. The van der Waals surface area contributed by atoms with Gasteiger partial charge < -0.3 is 10.8 Å². The van der Waals surface area contributed by atoms with Crippen LogP contribution in [0.2, 0.25) is 0 Å². The molecule has 162 valence electrons. The van der Waals surface area contributed by atoms with Crippen molar-refractivity contribution in [3.63, 3.8) is 0 Å². The molecule has 0 aliphatic carbocycles. The molecule has 0 aliphatic heterocycles. The Bertz CT molecular complexity index is 728. The fourth-order valence-corrected chi connectivity index (χ4v) is 2.93. The van der Waals surface area contributed by atoms with Crippen LogP contribution in [0.15, 0.2) is 42.5 Å². The van der Waals surface area contributed by atoms with Crippen LogP contribution in [0.25, 0.3) is 0 Å². The van der Waals surface area contributed by atoms with Crippen LogP contribution in [-0.4, -0.2) is 11.0 Å². The molecule has 29 heavy (non-hydrogen) atoms. The lowest BCUT2D eigenvalue weighted by molar-refractivity contribution is -0.117. The van der Waals surface area contributed by atoms with E-state index >= 15 is 0 Å². The summed E-state index contributed by atoms with van der Waals surface area (Å²) in [4.78, 5) is 11.1. The zero-order valence-electron chi connectivity index (χ0n) is 18.2. The van der Waals surface area contributed by atoms with Gasteiger partial charge in [-0.2, -0.15) is 0 Å². The third kappa shape index (κ3) is 9.43. The highest BCUT2D eigenvalue weighted by atomic mass is 32.1. The van der Waals surface area contributed by atoms with Gasteiger partial charge in [-0.3, -0.25) is 9.93 Å². The molecule has 0 saturated heterocycles. The Kier molecular flexibility index (Phi) is 11.8. The molecule has 2 aromatic carbocycles. The lowest BCUT2D eigenvalue weighted by atomic mass is 9.87. The smallest absolute Gasteiger partial charge is 0.221 e. The van der Waals surface area contributed by atoms with Gasteiger partial charge in [-0.05, 0) is 60.1 Å². The highest BCUT2D eigenvalue weighted by molar-refractivity contribution is 7.77. The molecule has 0 aliphatic rings. The Hall–Kier alpha value is -1.89. The van der Waals surface area contributed by atoms with Crippen molar-refractivity contribution >= 4 is 18.7 Å². The molecule has 0 bridgehead atoms. The number of carbonyl (C=O) groups excluding carboxylic acids is 1. The molecule has 6 heteroatoms. The standard InChI is InChI=1S/C14H20FNO.C9H12O.H3NS/c1-8(2)11-5-10(15)6-12(9(3)4)13(11)7-14(16)17;1-9(2,10)8-6-4-3-5-7-8;1-2/h5-6,8-9H,7H2,1-4H3,(H2,16,17);3-7,10H,1-2H3;2H,1H2. The van der Waals surface area contributed by atoms with Crippen molar-refractivity contribution < 1.29 is 14.3 Å². The Morgan fingerprint density at radius 3 is 1.72 bits per heavy atom. The molecule has 0 heterocycles. The maximum absolute atomic E-state index is 13.5. The number of primary amides is 1. The zero-order valence-corrected chi connectivity index (χ0v) is 19.1. The van der Waals surface area contributed by atoms with Crippen molar-refractivity contribution in [3.8, 4) is 0 Å². The number of hydrogen-bond donors (Lipinski definition) is 4. The van der Waals surface area contributed by atoms with Crippen LogP contribution >= 0.6 is 12.8 Å². The number of amides is 1. The predicted molar refractivity (Wildman–Crippen MR) is 122 cm³/mol. The van der Waals surface area contributed by atoms with E-state index in [1.165, 1.54) is 12.1 Å². The van der Waals surface area contributed by atoms with E-state index in [9.17, 15) is 14.3 Å². The van der Waals surface area contributed by atoms with Crippen molar-refractivity contribution in [3.05, 3.63) is 70.5 Å². The lowest BCUT2D eigenvalue weighted by Crippen LogP contribution is -2.17. The Morgan fingerprint density at radius 2 is 1.45 bits per heavy atom. The van der Waals surface area contributed by atoms with Gasteiger partial charge in [-0.15, -0.1) is 12.8 Å². The lowest BCUT2D eigenvalue weighted by Gasteiger charge is -2.19. The fourth-order valence-electron chi connectivity index (χ4n) is 2.93. The minimum Gasteiger partial charge on any atom is -0.386 e. The summed E-state index contributed by atoms with van der Waals surface area (Å²) in [7, 11) is 0. The molecular formula is C23H35FN2O2S. The highest BCUT2D eigenvalue weighted by Crippen LogP contribution is 2.29. The molecule has 2 aromatic rings. The molecule has 1 amide bonds. The average molecular weight is 423 g/mol. The van der Waals surface area contributed by atoms with Crippen LogP contribution in [0.4, 0.5) is 4.39 Å². The van der Waals surface area contributed by atoms with Gasteiger partial charge in [0.15, 0.2) is 0 Å². The molecule has 0 spiro atoms. The van der Waals surface area contributed by atoms with Gasteiger partial charge in [0.25, 0.3) is 0 Å². The van der Waals surface area contributed by atoms with Crippen molar-refractivity contribution in [1.82, 2.24) is 0 Å². The molecule has 4 nitrogen and oxygen atoms in total. The van der Waals surface area contributed by atoms with Gasteiger partial charge in [-0.1, -0.05) is 58.0 Å².